The van der Waals surface area contributed by atoms with Gasteiger partial charge < -0.3 is 0 Å². The van der Waals surface area contributed by atoms with Crippen molar-refractivity contribution in [3.8, 4) is 0 Å². The molecule has 0 saturated heterocycles. The van der Waals surface area contributed by atoms with Gasteiger partial charge in [-0.2, -0.15) is 0 Å². The summed E-state index contributed by atoms with van der Waals surface area (Å²) in [6.07, 6.45) is 6.56. The van der Waals surface area contributed by atoms with Gasteiger partial charge in [-0.1, -0.05) is 5.21 Å². The summed E-state index contributed by atoms with van der Waals surface area (Å²) in [5, 5.41) is 8.54. The van der Waals surface area contributed by atoms with Crippen LogP contribution in [0.5, 0.6) is 0 Å². The minimum atomic E-state index is 0.499. The molecule has 0 bridgehead atoms. The van der Waals surface area contributed by atoms with Crippen LogP contribution < -0.4 is 0 Å². The molecule has 3 rings (SSSR count). The van der Waals surface area contributed by atoms with E-state index in [9.17, 15) is 0 Å². The van der Waals surface area contributed by atoms with Crippen LogP contribution in [0.2, 0.25) is 0 Å². The number of rotatable bonds is 5. The van der Waals surface area contributed by atoms with E-state index >= 15 is 0 Å². The topological polar surface area (TPSA) is 30.7 Å². The first-order valence-corrected chi connectivity index (χ1v) is 6.82. The highest BCUT2D eigenvalue weighted by molar-refractivity contribution is 6.16. The van der Waals surface area contributed by atoms with Crippen LogP contribution in [0.25, 0.3) is 0 Å². The lowest BCUT2D eigenvalue weighted by Gasteiger charge is -2.14. The molecule has 1 heterocycles. The minimum Gasteiger partial charge on any atom is -0.246 e. The molecule has 2 aliphatic rings. The average molecular weight is 240 g/mol. The van der Waals surface area contributed by atoms with Gasteiger partial charge in [0.05, 0.1) is 17.6 Å². The zero-order chi connectivity index (χ0) is 11.1. The molecule has 1 aromatic heterocycles. The van der Waals surface area contributed by atoms with Gasteiger partial charge in [-0.3, -0.25) is 0 Å². The molecular formula is C12H18ClN3. The Labute approximate surface area is 101 Å². The third-order valence-electron chi connectivity index (χ3n) is 3.87. The summed E-state index contributed by atoms with van der Waals surface area (Å²) in [5.74, 6) is 2.19. The summed E-state index contributed by atoms with van der Waals surface area (Å²) >= 11 is 5.93. The molecule has 1 atom stereocenters. The van der Waals surface area contributed by atoms with Crippen molar-refractivity contribution in [1.82, 2.24) is 15.0 Å². The molecule has 0 aliphatic heterocycles. The van der Waals surface area contributed by atoms with Gasteiger partial charge in [0.1, 0.15) is 5.69 Å². The highest BCUT2D eigenvalue weighted by atomic mass is 35.5. The van der Waals surface area contributed by atoms with Gasteiger partial charge in [0.2, 0.25) is 0 Å². The highest BCUT2D eigenvalue weighted by Crippen LogP contribution is 2.41. The molecule has 3 nitrogen and oxygen atoms in total. The second kappa shape index (κ2) is 4.02. The third-order valence-corrected chi connectivity index (χ3v) is 4.12. The number of aromatic nitrogens is 3. The summed E-state index contributed by atoms with van der Waals surface area (Å²) < 4.78 is 2.15. The van der Waals surface area contributed by atoms with Gasteiger partial charge in [0.15, 0.2) is 0 Å². The van der Waals surface area contributed by atoms with E-state index in [4.69, 9.17) is 11.6 Å². The third kappa shape index (κ3) is 1.97. The van der Waals surface area contributed by atoms with E-state index in [1.54, 1.807) is 0 Å². The Bertz CT molecular complexity index is 380. The van der Waals surface area contributed by atoms with Crippen LogP contribution in [0.4, 0.5) is 0 Å². The van der Waals surface area contributed by atoms with Crippen LogP contribution in [0.1, 0.15) is 50.0 Å². The van der Waals surface area contributed by atoms with Gasteiger partial charge in [-0.25, -0.2) is 4.68 Å². The molecule has 0 N–H and O–H groups in total. The maximum Gasteiger partial charge on any atom is 0.101 e. The highest BCUT2D eigenvalue weighted by Gasteiger charge is 2.33. The molecule has 2 fully saturated rings. The van der Waals surface area contributed by atoms with Crippen molar-refractivity contribution in [2.45, 2.75) is 50.9 Å². The molecule has 16 heavy (non-hydrogen) atoms. The van der Waals surface area contributed by atoms with E-state index in [-0.39, 0.29) is 0 Å². The Morgan fingerprint density at radius 2 is 2.12 bits per heavy atom. The van der Waals surface area contributed by atoms with Crippen LogP contribution in [0.3, 0.4) is 0 Å². The Morgan fingerprint density at radius 1 is 1.38 bits per heavy atom. The second-order valence-corrected chi connectivity index (χ2v) is 5.55. The van der Waals surface area contributed by atoms with Gasteiger partial charge in [-0.15, -0.1) is 16.7 Å². The zero-order valence-electron chi connectivity index (χ0n) is 9.69. The number of alkyl halides is 1. The molecule has 1 aromatic rings. The Kier molecular flexibility index (Phi) is 2.66. The van der Waals surface area contributed by atoms with Gasteiger partial charge >= 0.3 is 0 Å². The average Bonchev–Trinajstić information content (AvgIpc) is 3.14. The molecule has 2 aliphatic carbocycles. The minimum absolute atomic E-state index is 0.499. The monoisotopic (exact) mass is 239 g/mol. The molecule has 0 aromatic carbocycles. The van der Waals surface area contributed by atoms with Gasteiger partial charge in [-0.05, 0) is 50.9 Å². The first-order chi connectivity index (χ1) is 7.79. The van der Waals surface area contributed by atoms with Crippen LogP contribution in [0, 0.1) is 11.8 Å². The maximum atomic E-state index is 5.93. The van der Waals surface area contributed by atoms with Crippen molar-refractivity contribution < 1.29 is 0 Å². The maximum absolute atomic E-state index is 5.93. The molecule has 2 saturated carbocycles. The molecule has 0 spiro atoms. The van der Waals surface area contributed by atoms with Crippen molar-refractivity contribution in [2.24, 2.45) is 11.8 Å². The van der Waals surface area contributed by atoms with E-state index in [1.807, 2.05) is 0 Å². The van der Waals surface area contributed by atoms with Crippen LogP contribution >= 0.6 is 11.6 Å². The fourth-order valence-corrected chi connectivity index (χ4v) is 2.57. The number of hydrogen-bond donors (Lipinski definition) is 0. The van der Waals surface area contributed by atoms with Crippen molar-refractivity contribution >= 4 is 11.6 Å². The molecular weight excluding hydrogens is 222 g/mol. The number of nitrogens with zero attached hydrogens (tertiary/aromatic N) is 3. The van der Waals surface area contributed by atoms with E-state index in [2.05, 4.69) is 21.9 Å². The first kappa shape index (κ1) is 10.6. The zero-order valence-corrected chi connectivity index (χ0v) is 10.5. The van der Waals surface area contributed by atoms with Crippen molar-refractivity contribution in [1.29, 1.82) is 0 Å². The Hall–Kier alpha value is -0.570. The van der Waals surface area contributed by atoms with Crippen molar-refractivity contribution in [3.05, 3.63) is 11.4 Å². The number of hydrogen-bond acceptors (Lipinski definition) is 2. The summed E-state index contributed by atoms with van der Waals surface area (Å²) in [5.41, 5.74) is 2.30. The molecule has 1 unspecified atom stereocenters. The fourth-order valence-electron chi connectivity index (χ4n) is 2.36. The Balaban J connectivity index is 1.86. The SMILES string of the molecule is CC(C1CC1)n1nnc(CCl)c1CC1CC1. The van der Waals surface area contributed by atoms with E-state index < -0.39 is 0 Å². The lowest BCUT2D eigenvalue weighted by atomic mass is 10.1. The standard InChI is InChI=1S/C12H18ClN3/c1-8(10-4-5-10)16-12(6-9-2-3-9)11(7-13)14-15-16/h8-10H,2-7H2,1H3. The van der Waals surface area contributed by atoms with Gasteiger partial charge in [0.25, 0.3) is 0 Å². The predicted molar refractivity (Wildman–Crippen MR) is 63.4 cm³/mol. The smallest absolute Gasteiger partial charge is 0.101 e. The van der Waals surface area contributed by atoms with E-state index in [0.717, 1.165) is 24.0 Å². The lowest BCUT2D eigenvalue weighted by Crippen LogP contribution is -2.13. The van der Waals surface area contributed by atoms with E-state index in [0.29, 0.717) is 11.9 Å². The summed E-state index contributed by atoms with van der Waals surface area (Å²) in [6, 6.07) is 0.512. The summed E-state index contributed by atoms with van der Waals surface area (Å²) in [6.45, 7) is 2.26. The second-order valence-electron chi connectivity index (χ2n) is 5.29. The Morgan fingerprint density at radius 3 is 2.69 bits per heavy atom. The largest absolute Gasteiger partial charge is 0.246 e. The first-order valence-electron chi connectivity index (χ1n) is 6.28. The molecule has 0 radical (unpaired) electrons. The summed E-state index contributed by atoms with van der Waals surface area (Å²) in [7, 11) is 0. The molecule has 88 valence electrons. The molecule has 0 amide bonds. The van der Waals surface area contributed by atoms with Crippen LogP contribution in [-0.4, -0.2) is 15.0 Å². The molecule has 4 heteroatoms. The quantitative estimate of drug-likeness (QED) is 0.740. The van der Waals surface area contributed by atoms with Crippen molar-refractivity contribution in [3.63, 3.8) is 0 Å². The van der Waals surface area contributed by atoms with Gasteiger partial charge in [0, 0.05) is 0 Å². The predicted octanol–water partition coefficient (Wildman–Crippen LogP) is 2.94. The van der Waals surface area contributed by atoms with Crippen LogP contribution in [0.15, 0.2) is 0 Å². The number of halogens is 1. The normalized spacial score (nSPS) is 22.4. The van der Waals surface area contributed by atoms with Crippen molar-refractivity contribution in [2.75, 3.05) is 0 Å². The lowest BCUT2D eigenvalue weighted by molar-refractivity contribution is 0.412. The fraction of sp³-hybridized carbons (Fsp3) is 0.833. The van der Waals surface area contributed by atoms with E-state index in [1.165, 1.54) is 31.4 Å². The van der Waals surface area contributed by atoms with Crippen LogP contribution in [-0.2, 0) is 12.3 Å². The summed E-state index contributed by atoms with van der Waals surface area (Å²) in [4.78, 5) is 0.